The van der Waals surface area contributed by atoms with E-state index in [1.165, 1.54) is 11.8 Å². The number of carbonyl (C=O) groups excluding carboxylic acids is 1. The van der Waals surface area contributed by atoms with Gasteiger partial charge in [-0.1, -0.05) is 36.9 Å². The minimum absolute atomic E-state index is 0.0553. The fraction of sp³-hybridized carbons (Fsp3) is 0.308. The highest BCUT2D eigenvalue weighted by atomic mass is 32.2. The molecule has 0 aliphatic carbocycles. The summed E-state index contributed by atoms with van der Waals surface area (Å²) in [5, 5.41) is 8.73. The predicted molar refractivity (Wildman–Crippen MR) is 77.3 cm³/mol. The quantitative estimate of drug-likeness (QED) is 0.620. The molecule has 0 aromatic heterocycles. The van der Waals surface area contributed by atoms with Crippen LogP contribution in [0.1, 0.15) is 18.9 Å². The van der Waals surface area contributed by atoms with Gasteiger partial charge in [-0.3, -0.25) is 9.69 Å². The first-order chi connectivity index (χ1) is 8.74. The van der Waals surface area contributed by atoms with E-state index in [1.54, 1.807) is 11.1 Å². The first-order valence-electron chi connectivity index (χ1n) is 5.85. The highest BCUT2D eigenvalue weighted by Crippen LogP contribution is 2.29. The second kappa shape index (κ2) is 5.82. The fourth-order valence-corrected chi connectivity index (χ4v) is 2.48. The molecule has 0 atom stereocenters. The Morgan fingerprint density at radius 2 is 2.22 bits per heavy atom. The van der Waals surface area contributed by atoms with Gasteiger partial charge in [0, 0.05) is 6.21 Å². The summed E-state index contributed by atoms with van der Waals surface area (Å²) in [6.45, 7) is 3.98. The topological polar surface area (TPSA) is 45.0 Å². The molecule has 0 radical (unpaired) electrons. The number of aryl methyl sites for hydroxylation is 1. The van der Waals surface area contributed by atoms with Gasteiger partial charge >= 0.3 is 0 Å². The summed E-state index contributed by atoms with van der Waals surface area (Å²) in [4.78, 5) is 13.6. The van der Waals surface area contributed by atoms with Crippen LogP contribution in [0.2, 0.25) is 0 Å². The average molecular weight is 261 g/mol. The number of nitrogens with zero attached hydrogens (tertiary/aromatic N) is 3. The summed E-state index contributed by atoms with van der Waals surface area (Å²) in [7, 11) is 0. The molecule has 1 aliphatic rings. The van der Waals surface area contributed by atoms with Crippen LogP contribution < -0.4 is 4.90 Å². The summed E-state index contributed by atoms with van der Waals surface area (Å²) in [5.41, 5.74) is 1.94. The van der Waals surface area contributed by atoms with Crippen LogP contribution in [-0.2, 0) is 4.79 Å². The van der Waals surface area contributed by atoms with E-state index in [4.69, 9.17) is 0 Å². The van der Waals surface area contributed by atoms with Crippen LogP contribution in [0.25, 0.3) is 0 Å². The summed E-state index contributed by atoms with van der Waals surface area (Å²) in [6, 6.07) is 7.79. The molecule has 2 rings (SSSR count). The first kappa shape index (κ1) is 12.8. The van der Waals surface area contributed by atoms with Crippen molar-refractivity contribution in [3.05, 3.63) is 29.8 Å². The van der Waals surface area contributed by atoms with Gasteiger partial charge in [-0.2, -0.15) is 5.10 Å². The van der Waals surface area contributed by atoms with Crippen LogP contribution in [0.4, 0.5) is 5.69 Å². The molecular weight excluding hydrogens is 246 g/mol. The number of para-hydroxylation sites is 1. The van der Waals surface area contributed by atoms with Gasteiger partial charge in [-0.25, -0.2) is 0 Å². The smallest absolute Gasteiger partial charge is 0.243 e. The van der Waals surface area contributed by atoms with Gasteiger partial charge in [-0.15, -0.1) is 5.10 Å². The lowest BCUT2D eigenvalue weighted by atomic mass is 10.2. The molecule has 1 saturated heterocycles. The van der Waals surface area contributed by atoms with Gasteiger partial charge in [0.05, 0.1) is 11.4 Å². The van der Waals surface area contributed by atoms with Crippen molar-refractivity contribution in [1.82, 2.24) is 0 Å². The number of amides is 1. The van der Waals surface area contributed by atoms with Gasteiger partial charge in [-0.05, 0) is 25.0 Å². The number of hydrogen-bond donors (Lipinski definition) is 0. The van der Waals surface area contributed by atoms with Crippen molar-refractivity contribution in [1.29, 1.82) is 0 Å². The molecule has 0 spiro atoms. The number of thioether (sulfide) groups is 1. The Hall–Kier alpha value is -1.62. The van der Waals surface area contributed by atoms with Crippen molar-refractivity contribution in [3.8, 4) is 0 Å². The molecule has 1 aromatic rings. The van der Waals surface area contributed by atoms with Gasteiger partial charge in [0.1, 0.15) is 0 Å². The van der Waals surface area contributed by atoms with Gasteiger partial charge in [0.25, 0.3) is 0 Å². The van der Waals surface area contributed by atoms with E-state index >= 15 is 0 Å². The Balaban J connectivity index is 2.34. The molecular formula is C13H15N3OS. The molecule has 1 heterocycles. The van der Waals surface area contributed by atoms with E-state index in [0.717, 1.165) is 17.7 Å². The van der Waals surface area contributed by atoms with E-state index in [2.05, 4.69) is 10.2 Å². The average Bonchev–Trinajstić information content (AvgIpc) is 2.72. The van der Waals surface area contributed by atoms with Crippen LogP contribution in [0.5, 0.6) is 0 Å². The highest BCUT2D eigenvalue weighted by molar-refractivity contribution is 8.15. The van der Waals surface area contributed by atoms with Crippen LogP contribution in [-0.4, -0.2) is 23.0 Å². The number of amidine groups is 1. The predicted octanol–water partition coefficient (Wildman–Crippen LogP) is 2.83. The second-order valence-electron chi connectivity index (χ2n) is 3.89. The zero-order chi connectivity index (χ0) is 13.0. The first-order valence-corrected chi connectivity index (χ1v) is 6.83. The standard InChI is InChI=1S/C13H15N3OS/c1-3-8-14-15-13-16(12(17)9-18-13)11-7-5-4-6-10(11)2/h4-8H,3,9H2,1-2H3/b14-8+,15-13-. The summed E-state index contributed by atoms with van der Waals surface area (Å²) < 4.78 is 0. The zero-order valence-electron chi connectivity index (χ0n) is 10.5. The molecule has 5 heteroatoms. The fourth-order valence-electron chi connectivity index (χ4n) is 1.66. The van der Waals surface area contributed by atoms with E-state index in [0.29, 0.717) is 10.9 Å². The molecule has 0 bridgehead atoms. The zero-order valence-corrected chi connectivity index (χ0v) is 11.3. The number of anilines is 1. The molecule has 1 amide bonds. The largest absolute Gasteiger partial charge is 0.273 e. The number of rotatable bonds is 3. The van der Waals surface area contributed by atoms with Crippen molar-refractivity contribution in [3.63, 3.8) is 0 Å². The van der Waals surface area contributed by atoms with Crippen molar-refractivity contribution >= 4 is 34.7 Å². The summed E-state index contributed by atoms with van der Waals surface area (Å²) in [6.07, 6.45) is 2.56. The van der Waals surface area contributed by atoms with Crippen molar-refractivity contribution < 1.29 is 4.79 Å². The highest BCUT2D eigenvalue weighted by Gasteiger charge is 2.30. The van der Waals surface area contributed by atoms with Gasteiger partial charge in [0.15, 0.2) is 5.17 Å². The minimum atomic E-state index is 0.0553. The maximum atomic E-state index is 11.9. The molecule has 1 aromatic carbocycles. The number of carbonyl (C=O) groups is 1. The number of benzene rings is 1. The second-order valence-corrected chi connectivity index (χ2v) is 4.84. The molecule has 18 heavy (non-hydrogen) atoms. The Bertz CT molecular complexity index is 511. The third-order valence-corrected chi connectivity index (χ3v) is 3.44. The van der Waals surface area contributed by atoms with Crippen LogP contribution in [0, 0.1) is 6.92 Å². The van der Waals surface area contributed by atoms with E-state index < -0.39 is 0 Å². The third kappa shape index (κ3) is 2.61. The van der Waals surface area contributed by atoms with Crippen LogP contribution >= 0.6 is 11.8 Å². The lowest BCUT2D eigenvalue weighted by Crippen LogP contribution is -2.29. The van der Waals surface area contributed by atoms with Gasteiger partial charge in [0.2, 0.25) is 5.91 Å². The molecule has 1 fully saturated rings. The van der Waals surface area contributed by atoms with Crippen LogP contribution in [0.3, 0.4) is 0 Å². The minimum Gasteiger partial charge on any atom is -0.273 e. The Labute approximate surface area is 111 Å². The molecule has 0 N–H and O–H groups in total. The molecule has 0 unspecified atom stereocenters. The monoisotopic (exact) mass is 261 g/mol. The van der Waals surface area contributed by atoms with Crippen molar-refractivity contribution in [2.75, 3.05) is 10.7 Å². The molecule has 94 valence electrons. The molecule has 4 nitrogen and oxygen atoms in total. The number of hydrogen-bond acceptors (Lipinski definition) is 4. The molecule has 1 aliphatic heterocycles. The van der Waals surface area contributed by atoms with E-state index in [-0.39, 0.29) is 5.91 Å². The van der Waals surface area contributed by atoms with Gasteiger partial charge < -0.3 is 0 Å². The van der Waals surface area contributed by atoms with E-state index in [9.17, 15) is 4.79 Å². The Morgan fingerprint density at radius 3 is 2.94 bits per heavy atom. The SMILES string of the molecule is CC/C=N/N=C1\SCC(=O)N1c1ccccc1C. The summed E-state index contributed by atoms with van der Waals surface area (Å²) >= 11 is 1.43. The Kier molecular flexibility index (Phi) is 4.15. The van der Waals surface area contributed by atoms with Crippen molar-refractivity contribution in [2.24, 2.45) is 10.2 Å². The van der Waals surface area contributed by atoms with Crippen LogP contribution in [0.15, 0.2) is 34.5 Å². The lowest BCUT2D eigenvalue weighted by molar-refractivity contribution is -0.115. The van der Waals surface area contributed by atoms with Crippen molar-refractivity contribution in [2.45, 2.75) is 20.3 Å². The summed E-state index contributed by atoms with van der Waals surface area (Å²) in [5.74, 6) is 0.481. The Morgan fingerprint density at radius 1 is 1.44 bits per heavy atom. The lowest BCUT2D eigenvalue weighted by Gasteiger charge is -2.17. The normalized spacial score (nSPS) is 18.2. The maximum absolute atomic E-state index is 11.9. The molecule has 0 saturated carbocycles. The maximum Gasteiger partial charge on any atom is 0.243 e. The van der Waals surface area contributed by atoms with E-state index in [1.807, 2.05) is 38.1 Å². The third-order valence-electron chi connectivity index (χ3n) is 2.53.